The Hall–Kier alpha value is -2.99. The second-order valence-electron chi connectivity index (χ2n) is 7.22. The van der Waals surface area contributed by atoms with E-state index in [1.807, 2.05) is 18.2 Å². The van der Waals surface area contributed by atoms with Crippen molar-refractivity contribution in [2.24, 2.45) is 5.92 Å². The first kappa shape index (κ1) is 19.8. The fourth-order valence-electron chi connectivity index (χ4n) is 2.75. The summed E-state index contributed by atoms with van der Waals surface area (Å²) >= 11 is 0. The normalized spacial score (nSPS) is 12.0. The summed E-state index contributed by atoms with van der Waals surface area (Å²) in [4.78, 5) is 13.4. The van der Waals surface area contributed by atoms with E-state index >= 15 is 0 Å². The van der Waals surface area contributed by atoms with E-state index in [0.29, 0.717) is 12.5 Å². The molecule has 0 saturated heterocycles. The van der Waals surface area contributed by atoms with Gasteiger partial charge < -0.3 is 15.7 Å². The molecule has 2 heterocycles. The van der Waals surface area contributed by atoms with E-state index in [9.17, 15) is 5.11 Å². The van der Waals surface area contributed by atoms with Gasteiger partial charge >= 0.3 is 0 Å². The van der Waals surface area contributed by atoms with Crippen LogP contribution in [-0.4, -0.2) is 32.7 Å². The second kappa shape index (κ2) is 9.28. The molecule has 0 amide bonds. The van der Waals surface area contributed by atoms with Crippen LogP contribution < -0.4 is 10.6 Å². The predicted molar refractivity (Wildman–Crippen MR) is 113 cm³/mol. The Morgan fingerprint density at radius 2 is 1.86 bits per heavy atom. The fraction of sp³-hybridized carbons (Fsp3) is 0.318. The zero-order valence-corrected chi connectivity index (χ0v) is 16.6. The Bertz CT molecular complexity index is 881. The smallest absolute Gasteiger partial charge is 0.225 e. The topological polar surface area (TPSA) is 83.0 Å². The van der Waals surface area contributed by atoms with Crippen LogP contribution in [0.4, 0.5) is 11.8 Å². The van der Waals surface area contributed by atoms with Gasteiger partial charge in [0.2, 0.25) is 5.95 Å². The van der Waals surface area contributed by atoms with Gasteiger partial charge in [-0.05, 0) is 30.5 Å². The van der Waals surface area contributed by atoms with E-state index in [0.717, 1.165) is 17.1 Å². The Morgan fingerprint density at radius 3 is 2.50 bits per heavy atom. The molecule has 0 bridgehead atoms. The lowest BCUT2D eigenvalue weighted by molar-refractivity contribution is 0.248. The first-order valence-corrected chi connectivity index (χ1v) is 9.51. The van der Waals surface area contributed by atoms with Crippen molar-refractivity contribution in [1.29, 1.82) is 0 Å². The second-order valence-corrected chi connectivity index (χ2v) is 7.22. The van der Waals surface area contributed by atoms with Crippen molar-refractivity contribution in [1.82, 2.24) is 15.0 Å². The molecular formula is C22H27N5O. The molecular weight excluding hydrogens is 350 g/mol. The molecule has 0 saturated carbocycles. The maximum Gasteiger partial charge on any atom is 0.225 e. The molecule has 0 radical (unpaired) electrons. The lowest BCUT2D eigenvalue weighted by Gasteiger charge is -2.20. The third-order valence-electron chi connectivity index (χ3n) is 4.59. The van der Waals surface area contributed by atoms with Crippen LogP contribution in [0.5, 0.6) is 0 Å². The third kappa shape index (κ3) is 5.27. The highest BCUT2D eigenvalue weighted by atomic mass is 16.3. The monoisotopic (exact) mass is 377 g/mol. The number of hydrogen-bond acceptors (Lipinski definition) is 6. The van der Waals surface area contributed by atoms with Gasteiger partial charge in [0.1, 0.15) is 5.82 Å². The molecule has 3 rings (SSSR count). The quantitative estimate of drug-likeness (QED) is 0.552. The summed E-state index contributed by atoms with van der Waals surface area (Å²) < 4.78 is 0. The lowest BCUT2D eigenvalue weighted by Crippen LogP contribution is -2.30. The van der Waals surface area contributed by atoms with Crippen LogP contribution in [0, 0.1) is 12.8 Å². The first-order chi connectivity index (χ1) is 13.5. The molecule has 0 aliphatic heterocycles. The van der Waals surface area contributed by atoms with Crippen molar-refractivity contribution >= 4 is 11.8 Å². The van der Waals surface area contributed by atoms with Gasteiger partial charge in [-0.2, -0.15) is 4.98 Å². The Balaban J connectivity index is 1.87. The molecule has 0 aliphatic rings. The molecule has 3 aromatic rings. The van der Waals surface area contributed by atoms with Crippen molar-refractivity contribution in [2.75, 3.05) is 17.2 Å². The van der Waals surface area contributed by atoms with Gasteiger partial charge in [0.25, 0.3) is 0 Å². The number of benzene rings is 1. The molecule has 6 heteroatoms. The molecule has 0 fully saturated rings. The van der Waals surface area contributed by atoms with Crippen LogP contribution in [0.2, 0.25) is 0 Å². The first-order valence-electron chi connectivity index (χ1n) is 9.51. The SMILES string of the molecule is Cc1ccc(CNc2cc(-c3cccnc3)nc(N[C@@H](CO)C(C)C)n2)cc1. The summed E-state index contributed by atoms with van der Waals surface area (Å²) in [6.45, 7) is 6.86. The molecule has 2 aromatic heterocycles. The van der Waals surface area contributed by atoms with Crippen molar-refractivity contribution in [3.05, 3.63) is 66.0 Å². The maximum atomic E-state index is 9.64. The van der Waals surface area contributed by atoms with E-state index in [1.54, 1.807) is 12.4 Å². The number of aryl methyl sites for hydroxylation is 1. The fourth-order valence-corrected chi connectivity index (χ4v) is 2.75. The average Bonchev–Trinajstić information content (AvgIpc) is 2.72. The average molecular weight is 377 g/mol. The number of aliphatic hydroxyl groups is 1. The van der Waals surface area contributed by atoms with Crippen molar-refractivity contribution in [2.45, 2.75) is 33.4 Å². The van der Waals surface area contributed by atoms with E-state index < -0.39 is 0 Å². The minimum Gasteiger partial charge on any atom is -0.394 e. The van der Waals surface area contributed by atoms with Crippen LogP contribution in [0.3, 0.4) is 0 Å². The summed E-state index contributed by atoms with van der Waals surface area (Å²) in [5, 5.41) is 16.3. The van der Waals surface area contributed by atoms with Gasteiger partial charge in [-0.3, -0.25) is 4.98 Å². The highest BCUT2D eigenvalue weighted by molar-refractivity contribution is 5.63. The van der Waals surface area contributed by atoms with Gasteiger partial charge in [-0.25, -0.2) is 4.98 Å². The van der Waals surface area contributed by atoms with Crippen molar-refractivity contribution in [3.8, 4) is 11.3 Å². The van der Waals surface area contributed by atoms with Gasteiger partial charge in [-0.1, -0.05) is 43.7 Å². The third-order valence-corrected chi connectivity index (χ3v) is 4.59. The molecule has 0 unspecified atom stereocenters. The van der Waals surface area contributed by atoms with Crippen LogP contribution in [0.1, 0.15) is 25.0 Å². The molecule has 0 aliphatic carbocycles. The predicted octanol–water partition coefficient (Wildman–Crippen LogP) is 3.89. The number of aliphatic hydroxyl groups excluding tert-OH is 1. The minimum absolute atomic E-state index is 0.0181. The van der Waals surface area contributed by atoms with Gasteiger partial charge in [0.15, 0.2) is 0 Å². The zero-order valence-electron chi connectivity index (χ0n) is 16.6. The van der Waals surface area contributed by atoms with E-state index in [-0.39, 0.29) is 18.6 Å². The summed E-state index contributed by atoms with van der Waals surface area (Å²) in [7, 11) is 0. The number of rotatable bonds is 8. The largest absolute Gasteiger partial charge is 0.394 e. The Kier molecular flexibility index (Phi) is 6.55. The molecule has 6 nitrogen and oxygen atoms in total. The Morgan fingerprint density at radius 1 is 1.07 bits per heavy atom. The molecule has 3 N–H and O–H groups in total. The molecule has 1 atom stereocenters. The standard InChI is InChI=1S/C22H27N5O/c1-15(2)20(14-28)26-22-25-19(18-5-4-10-23-13-18)11-21(27-22)24-12-17-8-6-16(3)7-9-17/h4-11,13,15,20,28H,12,14H2,1-3H3,(H2,24,25,26,27)/t20-/m0/s1. The number of aromatic nitrogens is 3. The number of pyridine rings is 1. The van der Waals surface area contributed by atoms with Crippen LogP contribution >= 0.6 is 0 Å². The van der Waals surface area contributed by atoms with E-state index in [4.69, 9.17) is 0 Å². The summed E-state index contributed by atoms with van der Waals surface area (Å²) in [6, 6.07) is 14.0. The molecule has 1 aromatic carbocycles. The summed E-state index contributed by atoms with van der Waals surface area (Å²) in [5.74, 6) is 1.46. The van der Waals surface area contributed by atoms with Crippen LogP contribution in [0.25, 0.3) is 11.3 Å². The van der Waals surface area contributed by atoms with Gasteiger partial charge in [-0.15, -0.1) is 0 Å². The van der Waals surface area contributed by atoms with Gasteiger partial charge in [0.05, 0.1) is 18.3 Å². The number of nitrogens with one attached hydrogen (secondary N) is 2. The number of hydrogen-bond donors (Lipinski definition) is 3. The van der Waals surface area contributed by atoms with E-state index in [1.165, 1.54) is 11.1 Å². The van der Waals surface area contributed by atoms with Crippen molar-refractivity contribution < 1.29 is 5.11 Å². The molecule has 28 heavy (non-hydrogen) atoms. The number of anilines is 2. The Labute approximate surface area is 166 Å². The zero-order chi connectivity index (χ0) is 19.9. The molecule has 146 valence electrons. The summed E-state index contributed by atoms with van der Waals surface area (Å²) in [6.07, 6.45) is 3.52. The highest BCUT2D eigenvalue weighted by Gasteiger charge is 2.15. The van der Waals surface area contributed by atoms with Crippen LogP contribution in [-0.2, 0) is 6.54 Å². The van der Waals surface area contributed by atoms with Crippen LogP contribution in [0.15, 0.2) is 54.9 Å². The minimum atomic E-state index is -0.117. The highest BCUT2D eigenvalue weighted by Crippen LogP contribution is 2.22. The van der Waals surface area contributed by atoms with E-state index in [2.05, 4.69) is 70.6 Å². The molecule has 0 spiro atoms. The van der Waals surface area contributed by atoms with Gasteiger partial charge in [0, 0.05) is 30.6 Å². The number of nitrogens with zero attached hydrogens (tertiary/aromatic N) is 3. The maximum absolute atomic E-state index is 9.64. The lowest BCUT2D eigenvalue weighted by atomic mass is 10.1. The summed E-state index contributed by atoms with van der Waals surface area (Å²) in [5.41, 5.74) is 4.10. The van der Waals surface area contributed by atoms with Crippen molar-refractivity contribution in [3.63, 3.8) is 0 Å².